The first-order chi connectivity index (χ1) is 13.8. The standard InChI is InChI=1S/C22H25N5O2/c1-13-4-7-18-16(8-13)17(9-19(23-18)14-5-6-14)21(28)26-10-15(11-26)27-12-20(24-25-27)22(2,3)29/h4,7-9,12,14-15,29H,5-6,10-11H2,1-3H3. The van der Waals surface area contributed by atoms with Gasteiger partial charge in [0.15, 0.2) is 0 Å². The maximum absolute atomic E-state index is 13.3. The van der Waals surface area contributed by atoms with E-state index in [-0.39, 0.29) is 11.9 Å². The van der Waals surface area contributed by atoms with Crippen molar-refractivity contribution in [3.63, 3.8) is 0 Å². The molecule has 7 heteroatoms. The third-order valence-corrected chi connectivity index (χ3v) is 5.87. The summed E-state index contributed by atoms with van der Waals surface area (Å²) in [5.74, 6) is 0.538. The molecule has 0 atom stereocenters. The Labute approximate surface area is 169 Å². The number of aliphatic hydroxyl groups is 1. The number of aromatic nitrogens is 4. The van der Waals surface area contributed by atoms with Gasteiger partial charge in [0, 0.05) is 30.1 Å². The van der Waals surface area contributed by atoms with Gasteiger partial charge in [0.25, 0.3) is 5.91 Å². The molecule has 5 rings (SSSR count). The monoisotopic (exact) mass is 391 g/mol. The van der Waals surface area contributed by atoms with Gasteiger partial charge in [0.1, 0.15) is 11.3 Å². The van der Waals surface area contributed by atoms with E-state index in [2.05, 4.69) is 16.4 Å². The zero-order valence-corrected chi connectivity index (χ0v) is 17.0. The van der Waals surface area contributed by atoms with Crippen LogP contribution in [0.5, 0.6) is 0 Å². The van der Waals surface area contributed by atoms with Crippen LogP contribution in [0.3, 0.4) is 0 Å². The molecule has 0 unspecified atom stereocenters. The summed E-state index contributed by atoms with van der Waals surface area (Å²) in [7, 11) is 0. The maximum atomic E-state index is 13.3. The summed E-state index contributed by atoms with van der Waals surface area (Å²) in [6.45, 7) is 6.58. The Kier molecular flexibility index (Phi) is 4.00. The lowest BCUT2D eigenvalue weighted by atomic mass is 10.0. The highest BCUT2D eigenvalue weighted by atomic mass is 16.3. The molecule has 1 aliphatic carbocycles. The van der Waals surface area contributed by atoms with Gasteiger partial charge in [-0.25, -0.2) is 4.68 Å². The van der Waals surface area contributed by atoms with Gasteiger partial charge in [-0.15, -0.1) is 5.10 Å². The van der Waals surface area contributed by atoms with Crippen LogP contribution in [0, 0.1) is 6.92 Å². The number of benzene rings is 1. The van der Waals surface area contributed by atoms with Crippen molar-refractivity contribution in [1.82, 2.24) is 24.9 Å². The molecule has 1 N–H and O–H groups in total. The van der Waals surface area contributed by atoms with E-state index in [1.54, 1.807) is 24.7 Å². The van der Waals surface area contributed by atoms with E-state index >= 15 is 0 Å². The van der Waals surface area contributed by atoms with Gasteiger partial charge < -0.3 is 10.0 Å². The molecule has 2 aromatic heterocycles. The van der Waals surface area contributed by atoms with Crippen molar-refractivity contribution in [2.24, 2.45) is 0 Å². The third-order valence-electron chi connectivity index (χ3n) is 5.87. The van der Waals surface area contributed by atoms with Crippen LogP contribution in [0.25, 0.3) is 10.9 Å². The lowest BCUT2D eigenvalue weighted by Gasteiger charge is -2.39. The molecule has 1 aliphatic heterocycles. The topological polar surface area (TPSA) is 84.1 Å². The minimum atomic E-state index is -1.02. The second kappa shape index (κ2) is 6.35. The molecule has 0 bridgehead atoms. The van der Waals surface area contributed by atoms with Crippen molar-refractivity contribution < 1.29 is 9.90 Å². The molecule has 29 heavy (non-hydrogen) atoms. The molecular formula is C22H25N5O2. The molecule has 2 aliphatic rings. The quantitative estimate of drug-likeness (QED) is 0.739. The van der Waals surface area contributed by atoms with E-state index in [1.165, 1.54) is 0 Å². The largest absolute Gasteiger partial charge is 0.384 e. The van der Waals surface area contributed by atoms with Gasteiger partial charge in [0.05, 0.1) is 23.3 Å². The average Bonchev–Trinajstić information content (AvgIpc) is 3.36. The van der Waals surface area contributed by atoms with Crippen molar-refractivity contribution in [3.05, 3.63) is 53.0 Å². The van der Waals surface area contributed by atoms with E-state index in [0.29, 0.717) is 24.7 Å². The van der Waals surface area contributed by atoms with Crippen molar-refractivity contribution in [2.45, 2.75) is 51.2 Å². The molecule has 3 heterocycles. The first kappa shape index (κ1) is 18.2. The SMILES string of the molecule is Cc1ccc2nc(C3CC3)cc(C(=O)N3CC(n4cc(C(C)(C)O)nn4)C3)c2c1. The van der Waals surface area contributed by atoms with Crippen molar-refractivity contribution in [1.29, 1.82) is 0 Å². The molecule has 7 nitrogen and oxygen atoms in total. The van der Waals surface area contributed by atoms with Crippen molar-refractivity contribution in [2.75, 3.05) is 13.1 Å². The molecular weight excluding hydrogens is 366 g/mol. The first-order valence-electron chi connectivity index (χ1n) is 10.1. The molecule has 1 saturated heterocycles. The van der Waals surface area contributed by atoms with Crippen LogP contribution in [-0.4, -0.2) is 49.0 Å². The molecule has 150 valence electrons. The number of hydrogen-bond donors (Lipinski definition) is 1. The number of carbonyl (C=O) groups excluding carboxylic acids is 1. The van der Waals surface area contributed by atoms with Crippen LogP contribution >= 0.6 is 0 Å². The molecule has 0 radical (unpaired) electrons. The number of amides is 1. The van der Waals surface area contributed by atoms with E-state index in [4.69, 9.17) is 4.98 Å². The summed E-state index contributed by atoms with van der Waals surface area (Å²) >= 11 is 0. The third kappa shape index (κ3) is 3.29. The number of pyridine rings is 1. The highest BCUT2D eigenvalue weighted by Crippen LogP contribution is 2.40. The fourth-order valence-corrected chi connectivity index (χ4v) is 3.82. The Bertz CT molecular complexity index is 1100. The number of carbonyl (C=O) groups is 1. The fourth-order valence-electron chi connectivity index (χ4n) is 3.82. The normalized spacial score (nSPS) is 17.6. The first-order valence-corrected chi connectivity index (χ1v) is 10.1. The van der Waals surface area contributed by atoms with E-state index in [0.717, 1.165) is 40.6 Å². The molecule has 1 saturated carbocycles. The highest BCUT2D eigenvalue weighted by Gasteiger charge is 2.35. The van der Waals surface area contributed by atoms with Crippen LogP contribution in [0.1, 0.15) is 66.0 Å². The zero-order chi connectivity index (χ0) is 20.3. The molecule has 0 spiro atoms. The molecule has 2 fully saturated rings. The Morgan fingerprint density at radius 3 is 2.62 bits per heavy atom. The van der Waals surface area contributed by atoms with Gasteiger partial charge in [-0.1, -0.05) is 16.8 Å². The van der Waals surface area contributed by atoms with Gasteiger partial charge in [-0.3, -0.25) is 9.78 Å². The average molecular weight is 391 g/mol. The summed E-state index contributed by atoms with van der Waals surface area (Å²) in [5.41, 5.74) is 3.31. The lowest BCUT2D eigenvalue weighted by Crippen LogP contribution is -2.51. The molecule has 1 amide bonds. The zero-order valence-electron chi connectivity index (χ0n) is 17.0. The van der Waals surface area contributed by atoms with Crippen LogP contribution in [-0.2, 0) is 5.60 Å². The number of fused-ring (bicyclic) bond motifs is 1. The maximum Gasteiger partial charge on any atom is 0.254 e. The van der Waals surface area contributed by atoms with Gasteiger partial charge in [0.2, 0.25) is 0 Å². The predicted molar refractivity (Wildman–Crippen MR) is 109 cm³/mol. The Hall–Kier alpha value is -2.80. The second-order valence-corrected chi connectivity index (χ2v) is 8.90. The lowest BCUT2D eigenvalue weighted by molar-refractivity contribution is 0.0498. The smallest absolute Gasteiger partial charge is 0.254 e. The van der Waals surface area contributed by atoms with Crippen molar-refractivity contribution >= 4 is 16.8 Å². The number of aryl methyl sites for hydroxylation is 1. The van der Waals surface area contributed by atoms with Gasteiger partial charge >= 0.3 is 0 Å². The number of rotatable bonds is 4. The number of likely N-dealkylation sites (tertiary alicyclic amines) is 1. The summed E-state index contributed by atoms with van der Waals surface area (Å²) < 4.78 is 1.75. The highest BCUT2D eigenvalue weighted by molar-refractivity contribution is 6.06. The summed E-state index contributed by atoms with van der Waals surface area (Å²) in [4.78, 5) is 19.9. The van der Waals surface area contributed by atoms with Gasteiger partial charge in [-0.2, -0.15) is 0 Å². The van der Waals surface area contributed by atoms with Crippen LogP contribution < -0.4 is 0 Å². The Morgan fingerprint density at radius 1 is 1.21 bits per heavy atom. The molecule has 3 aromatic rings. The van der Waals surface area contributed by atoms with E-state index in [1.807, 2.05) is 30.0 Å². The number of hydrogen-bond acceptors (Lipinski definition) is 5. The number of nitrogens with zero attached hydrogens (tertiary/aromatic N) is 5. The summed E-state index contributed by atoms with van der Waals surface area (Å²) in [6.07, 6.45) is 4.07. The summed E-state index contributed by atoms with van der Waals surface area (Å²) in [5, 5.41) is 19.2. The van der Waals surface area contributed by atoms with Gasteiger partial charge in [-0.05, 0) is 51.8 Å². The Balaban J connectivity index is 1.40. The van der Waals surface area contributed by atoms with Crippen LogP contribution in [0.15, 0.2) is 30.5 Å². The van der Waals surface area contributed by atoms with Crippen LogP contribution in [0.4, 0.5) is 0 Å². The fraction of sp³-hybridized carbons (Fsp3) is 0.455. The van der Waals surface area contributed by atoms with Crippen LogP contribution in [0.2, 0.25) is 0 Å². The minimum absolute atomic E-state index is 0.0453. The Morgan fingerprint density at radius 2 is 1.97 bits per heavy atom. The van der Waals surface area contributed by atoms with E-state index < -0.39 is 5.60 Å². The minimum Gasteiger partial charge on any atom is -0.384 e. The predicted octanol–water partition coefficient (Wildman–Crippen LogP) is 2.94. The second-order valence-electron chi connectivity index (χ2n) is 8.90. The van der Waals surface area contributed by atoms with Crippen molar-refractivity contribution in [3.8, 4) is 0 Å². The summed E-state index contributed by atoms with van der Waals surface area (Å²) in [6, 6.07) is 8.19. The van der Waals surface area contributed by atoms with E-state index in [9.17, 15) is 9.90 Å². The molecule has 1 aromatic carbocycles.